The Morgan fingerprint density at radius 3 is 2.87 bits per heavy atom. The predicted octanol–water partition coefficient (Wildman–Crippen LogP) is 1.98. The Balaban J connectivity index is 0.00000264. The van der Waals surface area contributed by atoms with Crippen molar-refractivity contribution in [3.63, 3.8) is 0 Å². The molecule has 1 aromatic rings. The van der Waals surface area contributed by atoms with Crippen LogP contribution in [0.4, 0.5) is 5.13 Å². The minimum absolute atomic E-state index is 0. The lowest BCUT2D eigenvalue weighted by Gasteiger charge is -2.23. The first-order chi connectivity index (χ1) is 10.6. The number of aliphatic imine (C=N–C) groups is 1. The Labute approximate surface area is 160 Å². The number of likely N-dealkylation sites (N-methyl/N-ethyl adjacent to an activating group) is 1. The second-order valence-corrected chi connectivity index (χ2v) is 6.58. The standard InChI is InChI=1S/C15H28N6S.HI/c1-5-21-8-6-7-13(21)10-18-14(16-2)17-9-12-11-22-15(19-12)20(3)4;/h11,13H,5-10H2,1-4H3,(H2,16,17,18);1H. The van der Waals surface area contributed by atoms with Crippen LogP contribution < -0.4 is 15.5 Å². The Hall–Kier alpha value is -0.610. The van der Waals surface area contributed by atoms with Crippen LogP contribution in [0.15, 0.2) is 10.4 Å². The molecule has 1 atom stereocenters. The summed E-state index contributed by atoms with van der Waals surface area (Å²) >= 11 is 1.66. The fraction of sp³-hybridized carbons (Fsp3) is 0.733. The zero-order valence-corrected chi connectivity index (χ0v) is 17.6. The van der Waals surface area contributed by atoms with E-state index in [-0.39, 0.29) is 24.0 Å². The molecule has 23 heavy (non-hydrogen) atoms. The highest BCUT2D eigenvalue weighted by Crippen LogP contribution is 2.17. The molecule has 1 aliphatic heterocycles. The minimum atomic E-state index is 0. The van der Waals surface area contributed by atoms with Gasteiger partial charge in [0.2, 0.25) is 0 Å². The number of thiazole rings is 1. The number of nitrogens with one attached hydrogen (secondary N) is 2. The molecule has 0 spiro atoms. The summed E-state index contributed by atoms with van der Waals surface area (Å²) in [6.45, 7) is 6.24. The van der Waals surface area contributed by atoms with Crippen LogP contribution in [0.25, 0.3) is 0 Å². The molecule has 1 aromatic heterocycles. The van der Waals surface area contributed by atoms with Crippen molar-refractivity contribution in [1.82, 2.24) is 20.5 Å². The lowest BCUT2D eigenvalue weighted by molar-refractivity contribution is 0.267. The Bertz CT molecular complexity index is 490. The van der Waals surface area contributed by atoms with Crippen LogP contribution in [-0.2, 0) is 6.54 Å². The van der Waals surface area contributed by atoms with E-state index in [0.717, 1.165) is 29.9 Å². The van der Waals surface area contributed by atoms with Gasteiger partial charge in [0.25, 0.3) is 0 Å². The van der Waals surface area contributed by atoms with E-state index < -0.39 is 0 Å². The molecule has 0 bridgehead atoms. The fourth-order valence-electron chi connectivity index (χ4n) is 2.73. The molecule has 0 amide bonds. The molecular weight excluding hydrogens is 423 g/mol. The first-order valence-electron chi connectivity index (χ1n) is 7.94. The molecular formula is C15H29IN6S. The van der Waals surface area contributed by atoms with Gasteiger partial charge >= 0.3 is 0 Å². The highest BCUT2D eigenvalue weighted by atomic mass is 127. The van der Waals surface area contributed by atoms with Crippen LogP contribution in [0.3, 0.4) is 0 Å². The molecule has 132 valence electrons. The highest BCUT2D eigenvalue weighted by Gasteiger charge is 2.22. The Morgan fingerprint density at radius 1 is 1.48 bits per heavy atom. The van der Waals surface area contributed by atoms with E-state index in [1.165, 1.54) is 19.4 Å². The fourth-order valence-corrected chi connectivity index (χ4v) is 3.49. The highest BCUT2D eigenvalue weighted by molar-refractivity contribution is 14.0. The quantitative estimate of drug-likeness (QED) is 0.393. The van der Waals surface area contributed by atoms with Gasteiger partial charge in [-0.05, 0) is 25.9 Å². The van der Waals surface area contributed by atoms with E-state index in [1.807, 2.05) is 26.0 Å². The maximum atomic E-state index is 4.57. The minimum Gasteiger partial charge on any atom is -0.355 e. The lowest BCUT2D eigenvalue weighted by Crippen LogP contribution is -2.44. The molecule has 1 saturated heterocycles. The van der Waals surface area contributed by atoms with Crippen molar-refractivity contribution >= 4 is 46.4 Å². The van der Waals surface area contributed by atoms with E-state index in [2.05, 4.69) is 37.8 Å². The van der Waals surface area contributed by atoms with Crippen molar-refractivity contribution in [1.29, 1.82) is 0 Å². The van der Waals surface area contributed by atoms with Gasteiger partial charge in [0, 0.05) is 39.1 Å². The summed E-state index contributed by atoms with van der Waals surface area (Å²) < 4.78 is 0. The molecule has 0 aromatic carbocycles. The Morgan fingerprint density at radius 2 is 2.26 bits per heavy atom. The van der Waals surface area contributed by atoms with Crippen molar-refractivity contribution in [2.45, 2.75) is 32.4 Å². The summed E-state index contributed by atoms with van der Waals surface area (Å²) in [6, 6.07) is 0.628. The average Bonchev–Trinajstić information content (AvgIpc) is 3.16. The summed E-state index contributed by atoms with van der Waals surface area (Å²) in [5.41, 5.74) is 1.05. The largest absolute Gasteiger partial charge is 0.355 e. The number of aromatic nitrogens is 1. The van der Waals surface area contributed by atoms with Gasteiger partial charge in [-0.1, -0.05) is 6.92 Å². The van der Waals surface area contributed by atoms with Crippen molar-refractivity contribution in [2.75, 3.05) is 45.7 Å². The van der Waals surface area contributed by atoms with Gasteiger partial charge in [-0.3, -0.25) is 9.89 Å². The molecule has 2 heterocycles. The zero-order valence-electron chi connectivity index (χ0n) is 14.5. The van der Waals surface area contributed by atoms with Gasteiger partial charge in [-0.15, -0.1) is 35.3 Å². The van der Waals surface area contributed by atoms with Crippen LogP contribution >= 0.6 is 35.3 Å². The molecule has 0 aliphatic carbocycles. The maximum Gasteiger partial charge on any atom is 0.191 e. The maximum absolute atomic E-state index is 4.57. The number of anilines is 1. The number of guanidine groups is 1. The number of hydrogen-bond donors (Lipinski definition) is 2. The van der Waals surface area contributed by atoms with E-state index in [9.17, 15) is 0 Å². The van der Waals surface area contributed by atoms with Crippen molar-refractivity contribution in [3.8, 4) is 0 Å². The van der Waals surface area contributed by atoms with Gasteiger partial charge in [0.05, 0.1) is 12.2 Å². The number of nitrogens with zero attached hydrogens (tertiary/aromatic N) is 4. The van der Waals surface area contributed by atoms with Crippen molar-refractivity contribution in [3.05, 3.63) is 11.1 Å². The second-order valence-electron chi connectivity index (χ2n) is 5.75. The van der Waals surface area contributed by atoms with E-state index in [4.69, 9.17) is 0 Å². The third-order valence-corrected chi connectivity index (χ3v) is 5.05. The third kappa shape index (κ3) is 6.07. The first kappa shape index (κ1) is 20.4. The number of hydrogen-bond acceptors (Lipinski definition) is 5. The summed E-state index contributed by atoms with van der Waals surface area (Å²) in [6.07, 6.45) is 2.58. The summed E-state index contributed by atoms with van der Waals surface area (Å²) in [7, 11) is 5.84. The van der Waals surface area contributed by atoms with E-state index >= 15 is 0 Å². The zero-order chi connectivity index (χ0) is 15.9. The van der Waals surface area contributed by atoms with Gasteiger partial charge in [-0.2, -0.15) is 0 Å². The number of halogens is 1. The molecule has 0 radical (unpaired) electrons. The topological polar surface area (TPSA) is 55.8 Å². The monoisotopic (exact) mass is 452 g/mol. The molecule has 6 nitrogen and oxygen atoms in total. The molecule has 2 rings (SSSR count). The molecule has 1 aliphatic rings. The normalized spacial score (nSPS) is 18.6. The molecule has 8 heteroatoms. The van der Waals surface area contributed by atoms with Gasteiger partial charge < -0.3 is 15.5 Å². The van der Waals surface area contributed by atoms with Crippen LogP contribution in [0.1, 0.15) is 25.5 Å². The molecule has 2 N–H and O–H groups in total. The summed E-state index contributed by atoms with van der Waals surface area (Å²) in [5, 5.41) is 9.90. The molecule has 1 unspecified atom stereocenters. The van der Waals surface area contributed by atoms with Crippen molar-refractivity contribution in [2.24, 2.45) is 4.99 Å². The SMILES string of the molecule is CCN1CCCC1CNC(=NC)NCc1csc(N(C)C)n1.I. The van der Waals surface area contributed by atoms with Gasteiger partial charge in [0.1, 0.15) is 0 Å². The van der Waals surface area contributed by atoms with E-state index in [0.29, 0.717) is 12.6 Å². The smallest absolute Gasteiger partial charge is 0.191 e. The van der Waals surface area contributed by atoms with Gasteiger partial charge in [0.15, 0.2) is 11.1 Å². The summed E-state index contributed by atoms with van der Waals surface area (Å²) in [5.74, 6) is 0.849. The third-order valence-electron chi connectivity index (χ3n) is 3.99. The number of rotatable bonds is 6. The first-order valence-corrected chi connectivity index (χ1v) is 8.82. The van der Waals surface area contributed by atoms with Crippen LogP contribution in [-0.4, -0.2) is 62.7 Å². The summed E-state index contributed by atoms with van der Waals surface area (Å²) in [4.78, 5) is 13.4. The van der Waals surface area contributed by atoms with Crippen LogP contribution in [0.5, 0.6) is 0 Å². The second kappa shape index (κ2) is 10.3. The number of likely N-dealkylation sites (tertiary alicyclic amines) is 1. The molecule has 1 fully saturated rings. The van der Waals surface area contributed by atoms with E-state index in [1.54, 1.807) is 11.3 Å². The molecule has 0 saturated carbocycles. The van der Waals surface area contributed by atoms with Gasteiger partial charge in [-0.25, -0.2) is 4.98 Å². The average molecular weight is 452 g/mol. The van der Waals surface area contributed by atoms with Crippen molar-refractivity contribution < 1.29 is 0 Å². The Kier molecular flexibility index (Phi) is 9.15. The van der Waals surface area contributed by atoms with Crippen LogP contribution in [0.2, 0.25) is 0 Å². The van der Waals surface area contributed by atoms with Crippen LogP contribution in [0, 0.1) is 0 Å². The predicted molar refractivity (Wildman–Crippen MR) is 110 cm³/mol. The lowest BCUT2D eigenvalue weighted by atomic mass is 10.2.